The van der Waals surface area contributed by atoms with Gasteiger partial charge in [-0.1, -0.05) is 29.5 Å². The minimum Gasteiger partial charge on any atom is -0.267 e. The first kappa shape index (κ1) is 14.2. The molecule has 3 aromatic rings. The Balaban J connectivity index is 1.93. The van der Waals surface area contributed by atoms with Crippen LogP contribution in [0.25, 0.3) is 10.9 Å². The van der Waals surface area contributed by atoms with Crippen molar-refractivity contribution >= 4 is 10.9 Å². The highest BCUT2D eigenvalue weighted by atomic mass is 19.4. The van der Waals surface area contributed by atoms with Gasteiger partial charge in [-0.2, -0.15) is 13.2 Å². The van der Waals surface area contributed by atoms with E-state index in [0.29, 0.717) is 16.5 Å². The molecule has 1 aromatic heterocycles. The van der Waals surface area contributed by atoms with Gasteiger partial charge < -0.3 is 0 Å². The van der Waals surface area contributed by atoms with E-state index in [1.165, 1.54) is 12.1 Å². The molecular weight excluding hydrogens is 295 g/mol. The lowest BCUT2D eigenvalue weighted by atomic mass is 10.1. The van der Waals surface area contributed by atoms with Crippen LogP contribution in [0.2, 0.25) is 0 Å². The predicted molar refractivity (Wildman–Crippen MR) is 74.3 cm³/mol. The van der Waals surface area contributed by atoms with Gasteiger partial charge in [-0.05, 0) is 29.8 Å². The molecule has 0 unspecified atom stereocenters. The molecule has 0 aliphatic rings. The Hall–Kier alpha value is -2.70. The van der Waals surface area contributed by atoms with E-state index in [-0.39, 0.29) is 12.1 Å². The summed E-state index contributed by atoms with van der Waals surface area (Å²) < 4.78 is 38.7. The van der Waals surface area contributed by atoms with Crippen molar-refractivity contribution in [3.8, 4) is 0 Å². The van der Waals surface area contributed by atoms with Crippen molar-refractivity contribution in [3.05, 3.63) is 70.0 Å². The van der Waals surface area contributed by atoms with Crippen molar-refractivity contribution in [2.24, 2.45) is 0 Å². The smallest absolute Gasteiger partial charge is 0.267 e. The maximum absolute atomic E-state index is 12.5. The van der Waals surface area contributed by atoms with E-state index < -0.39 is 11.7 Å². The number of rotatable bonds is 2. The maximum Gasteiger partial charge on any atom is 0.416 e. The second kappa shape index (κ2) is 5.25. The SMILES string of the molecule is O=c1c2ccccc2nnn1Cc1ccc(C(F)(F)F)cc1. The summed E-state index contributed by atoms with van der Waals surface area (Å²) >= 11 is 0. The van der Waals surface area contributed by atoms with Crippen molar-refractivity contribution in [1.29, 1.82) is 0 Å². The summed E-state index contributed by atoms with van der Waals surface area (Å²) in [5, 5.41) is 8.15. The second-order valence-electron chi connectivity index (χ2n) is 4.76. The zero-order valence-electron chi connectivity index (χ0n) is 11.2. The molecule has 7 heteroatoms. The molecule has 0 spiro atoms. The van der Waals surface area contributed by atoms with Crippen LogP contribution in [0.4, 0.5) is 13.2 Å². The van der Waals surface area contributed by atoms with Crippen LogP contribution in [0.5, 0.6) is 0 Å². The number of halogens is 3. The Morgan fingerprint density at radius 1 is 1.00 bits per heavy atom. The first-order valence-corrected chi connectivity index (χ1v) is 6.44. The first-order chi connectivity index (χ1) is 10.4. The maximum atomic E-state index is 12.5. The van der Waals surface area contributed by atoms with Gasteiger partial charge in [0.25, 0.3) is 5.56 Å². The number of nitrogens with zero attached hydrogens (tertiary/aromatic N) is 3. The number of fused-ring (bicyclic) bond motifs is 1. The van der Waals surface area contributed by atoms with Crippen molar-refractivity contribution in [2.45, 2.75) is 12.7 Å². The number of alkyl halides is 3. The van der Waals surface area contributed by atoms with Crippen LogP contribution in [0.1, 0.15) is 11.1 Å². The lowest BCUT2D eigenvalue weighted by molar-refractivity contribution is -0.137. The zero-order chi connectivity index (χ0) is 15.7. The highest BCUT2D eigenvalue weighted by Crippen LogP contribution is 2.29. The van der Waals surface area contributed by atoms with Gasteiger partial charge in [0.15, 0.2) is 0 Å². The average molecular weight is 305 g/mol. The van der Waals surface area contributed by atoms with Crippen molar-refractivity contribution in [3.63, 3.8) is 0 Å². The van der Waals surface area contributed by atoms with Crippen LogP contribution >= 0.6 is 0 Å². The third-order valence-electron chi connectivity index (χ3n) is 3.24. The Bertz CT molecular complexity index is 870. The van der Waals surface area contributed by atoms with Gasteiger partial charge >= 0.3 is 6.18 Å². The lowest BCUT2D eigenvalue weighted by Gasteiger charge is -2.08. The highest BCUT2D eigenvalue weighted by Gasteiger charge is 2.29. The fraction of sp³-hybridized carbons (Fsp3) is 0.133. The van der Waals surface area contributed by atoms with E-state index in [1.807, 2.05) is 0 Å². The van der Waals surface area contributed by atoms with E-state index in [0.717, 1.165) is 16.8 Å². The van der Waals surface area contributed by atoms with E-state index in [2.05, 4.69) is 10.3 Å². The third-order valence-corrected chi connectivity index (χ3v) is 3.24. The minimum absolute atomic E-state index is 0.0643. The first-order valence-electron chi connectivity index (χ1n) is 6.44. The molecule has 0 saturated carbocycles. The van der Waals surface area contributed by atoms with E-state index in [1.54, 1.807) is 24.3 Å². The molecule has 0 aliphatic heterocycles. The third kappa shape index (κ3) is 2.69. The molecule has 0 aliphatic carbocycles. The summed E-state index contributed by atoms with van der Waals surface area (Å²) in [7, 11) is 0. The standard InChI is InChI=1S/C15H10F3N3O/c16-15(17,18)11-7-5-10(6-8-11)9-21-14(22)12-3-1-2-4-13(12)19-20-21/h1-8H,9H2. The predicted octanol–water partition coefficient (Wildman–Crippen LogP) is 2.86. The average Bonchev–Trinajstić information content (AvgIpc) is 2.50. The van der Waals surface area contributed by atoms with Gasteiger partial charge in [0, 0.05) is 0 Å². The highest BCUT2D eigenvalue weighted by molar-refractivity contribution is 5.76. The molecule has 1 heterocycles. The van der Waals surface area contributed by atoms with Gasteiger partial charge in [0.05, 0.1) is 17.5 Å². The van der Waals surface area contributed by atoms with Crippen LogP contribution in [0.15, 0.2) is 53.3 Å². The largest absolute Gasteiger partial charge is 0.416 e. The minimum atomic E-state index is -4.38. The van der Waals surface area contributed by atoms with Crippen molar-refractivity contribution in [2.75, 3.05) is 0 Å². The monoisotopic (exact) mass is 305 g/mol. The zero-order valence-corrected chi connectivity index (χ0v) is 11.2. The summed E-state index contributed by atoms with van der Waals surface area (Å²) in [4.78, 5) is 12.2. The molecule has 0 saturated heterocycles. The fourth-order valence-electron chi connectivity index (χ4n) is 2.10. The molecule has 2 aromatic carbocycles. The van der Waals surface area contributed by atoms with Gasteiger partial charge in [-0.3, -0.25) is 4.79 Å². The number of benzene rings is 2. The van der Waals surface area contributed by atoms with Gasteiger partial charge in [-0.15, -0.1) is 5.10 Å². The molecule has 4 nitrogen and oxygen atoms in total. The molecule has 0 amide bonds. The lowest BCUT2D eigenvalue weighted by Crippen LogP contribution is -2.24. The summed E-state index contributed by atoms with van der Waals surface area (Å²) in [5.41, 5.74) is -0.0328. The summed E-state index contributed by atoms with van der Waals surface area (Å²) in [5.74, 6) is 0. The molecule has 0 bridgehead atoms. The number of hydrogen-bond acceptors (Lipinski definition) is 3. The van der Waals surface area contributed by atoms with Gasteiger partial charge in [-0.25, -0.2) is 4.68 Å². The van der Waals surface area contributed by atoms with Crippen LogP contribution in [0.3, 0.4) is 0 Å². The van der Waals surface area contributed by atoms with Crippen LogP contribution in [-0.4, -0.2) is 15.0 Å². The molecule has 0 N–H and O–H groups in total. The Kier molecular flexibility index (Phi) is 3.40. The fourth-order valence-corrected chi connectivity index (χ4v) is 2.10. The van der Waals surface area contributed by atoms with Crippen LogP contribution in [0, 0.1) is 0 Å². The molecule has 3 rings (SSSR count). The Morgan fingerprint density at radius 3 is 2.36 bits per heavy atom. The van der Waals surface area contributed by atoms with E-state index in [9.17, 15) is 18.0 Å². The topological polar surface area (TPSA) is 47.8 Å². The van der Waals surface area contributed by atoms with Crippen molar-refractivity contribution < 1.29 is 13.2 Å². The molecular formula is C15H10F3N3O. The van der Waals surface area contributed by atoms with Crippen molar-refractivity contribution in [1.82, 2.24) is 15.0 Å². The normalized spacial score (nSPS) is 11.8. The van der Waals surface area contributed by atoms with Gasteiger partial charge in [0.2, 0.25) is 0 Å². The molecule has 0 fully saturated rings. The molecule has 0 radical (unpaired) electrons. The Morgan fingerprint density at radius 2 is 1.68 bits per heavy atom. The second-order valence-corrected chi connectivity index (χ2v) is 4.76. The van der Waals surface area contributed by atoms with E-state index >= 15 is 0 Å². The summed E-state index contributed by atoms with van der Waals surface area (Å²) in [6.45, 7) is 0.0643. The summed E-state index contributed by atoms with van der Waals surface area (Å²) in [6, 6.07) is 11.4. The Labute approximate surface area is 122 Å². The molecule has 112 valence electrons. The quantitative estimate of drug-likeness (QED) is 0.731. The van der Waals surface area contributed by atoms with Crippen LogP contribution < -0.4 is 5.56 Å². The summed E-state index contributed by atoms with van der Waals surface area (Å²) in [6.07, 6.45) is -4.38. The number of hydrogen-bond donors (Lipinski definition) is 0. The van der Waals surface area contributed by atoms with Crippen LogP contribution in [-0.2, 0) is 12.7 Å². The molecule has 22 heavy (non-hydrogen) atoms. The number of aromatic nitrogens is 3. The molecule has 0 atom stereocenters. The van der Waals surface area contributed by atoms with E-state index in [4.69, 9.17) is 0 Å². The van der Waals surface area contributed by atoms with Gasteiger partial charge in [0.1, 0.15) is 5.52 Å².